The maximum atomic E-state index is 8.94. The molecule has 2 saturated carbocycles. The van der Waals surface area contributed by atoms with E-state index in [1.807, 2.05) is 0 Å². The fraction of sp³-hybridized carbons (Fsp3) is 0.952. The van der Waals surface area contributed by atoms with E-state index >= 15 is 0 Å². The van der Waals surface area contributed by atoms with Gasteiger partial charge in [-0.3, -0.25) is 0 Å². The lowest BCUT2D eigenvalue weighted by Crippen LogP contribution is -2.48. The molecule has 138 valence electrons. The molecule has 0 N–H and O–H groups in total. The average Bonchev–Trinajstić information content (AvgIpc) is 2.95. The molecule has 2 fully saturated rings. The second-order valence-electron chi connectivity index (χ2n) is 8.76. The van der Waals surface area contributed by atoms with Crippen LogP contribution in [-0.2, 0) is 4.43 Å². The zero-order valence-corrected chi connectivity index (χ0v) is 17.7. The molecule has 0 aromatic rings. The Morgan fingerprint density at radius 2 is 1.83 bits per heavy atom. The fourth-order valence-electron chi connectivity index (χ4n) is 6.05. The summed E-state index contributed by atoms with van der Waals surface area (Å²) in [6.07, 6.45) is 9.01. The van der Waals surface area contributed by atoms with Crippen molar-refractivity contribution in [2.45, 2.75) is 104 Å². The summed E-state index contributed by atoms with van der Waals surface area (Å²) < 4.78 is 7.00. The van der Waals surface area contributed by atoms with Crippen molar-refractivity contribution in [1.29, 1.82) is 5.26 Å². The molecule has 0 heterocycles. The minimum atomic E-state index is -1.51. The van der Waals surface area contributed by atoms with Gasteiger partial charge in [-0.15, -0.1) is 0 Å². The third-order valence-electron chi connectivity index (χ3n) is 7.87. The SMILES string of the molecule is CC[Si](CC)(CC)O[C@H]1CCC[C@@]2(C)C1CC[C@@H]2[C@H](C)CCC#N. The first-order valence-electron chi connectivity index (χ1n) is 10.5. The fourth-order valence-corrected chi connectivity index (χ4v) is 8.97. The zero-order chi connectivity index (χ0) is 17.8. The first-order chi connectivity index (χ1) is 11.5. The van der Waals surface area contributed by atoms with Crippen molar-refractivity contribution in [2.75, 3.05) is 0 Å². The van der Waals surface area contributed by atoms with E-state index in [4.69, 9.17) is 9.69 Å². The lowest BCUT2D eigenvalue weighted by atomic mass is 9.61. The lowest BCUT2D eigenvalue weighted by Gasteiger charge is -2.48. The van der Waals surface area contributed by atoms with Crippen LogP contribution in [0.3, 0.4) is 0 Å². The summed E-state index contributed by atoms with van der Waals surface area (Å²) in [5, 5.41) is 8.94. The van der Waals surface area contributed by atoms with Gasteiger partial charge in [-0.1, -0.05) is 41.0 Å². The number of hydrogen-bond donors (Lipinski definition) is 0. The van der Waals surface area contributed by atoms with Gasteiger partial charge in [0.15, 0.2) is 8.32 Å². The Balaban J connectivity index is 2.13. The molecule has 0 saturated heterocycles. The molecule has 2 nitrogen and oxygen atoms in total. The van der Waals surface area contributed by atoms with E-state index in [2.05, 4.69) is 40.7 Å². The quantitative estimate of drug-likeness (QED) is 0.466. The molecule has 0 aliphatic heterocycles. The number of rotatable bonds is 8. The summed E-state index contributed by atoms with van der Waals surface area (Å²) in [5.41, 5.74) is 0.452. The standard InChI is InChI=1S/C21H39NOSi/c1-6-24(7-2,8-3)23-20-12-9-15-21(5)18(13-14-19(20)21)17(4)11-10-16-22/h17-20H,6-15H2,1-5H3/t17-,18-,19?,20+,21-/m1/s1. The molecule has 5 atom stereocenters. The largest absolute Gasteiger partial charge is 0.414 e. The smallest absolute Gasteiger partial charge is 0.192 e. The van der Waals surface area contributed by atoms with Crippen molar-refractivity contribution in [3.8, 4) is 6.07 Å². The highest BCUT2D eigenvalue weighted by molar-refractivity contribution is 6.73. The summed E-state index contributed by atoms with van der Waals surface area (Å²) in [4.78, 5) is 0. The predicted octanol–water partition coefficient (Wildman–Crippen LogP) is 6.53. The van der Waals surface area contributed by atoms with Crippen LogP contribution in [0.2, 0.25) is 18.1 Å². The molecule has 0 amide bonds. The molecular formula is C21H39NOSi. The molecule has 3 heteroatoms. The Morgan fingerprint density at radius 1 is 1.17 bits per heavy atom. The lowest BCUT2D eigenvalue weighted by molar-refractivity contribution is -0.0200. The highest BCUT2D eigenvalue weighted by atomic mass is 28.4. The van der Waals surface area contributed by atoms with Crippen molar-refractivity contribution in [3.05, 3.63) is 0 Å². The van der Waals surface area contributed by atoms with Crippen molar-refractivity contribution in [3.63, 3.8) is 0 Å². The van der Waals surface area contributed by atoms with Crippen LogP contribution in [0.4, 0.5) is 0 Å². The summed E-state index contributed by atoms with van der Waals surface area (Å²) in [6, 6.07) is 6.15. The molecule has 0 aromatic heterocycles. The maximum absolute atomic E-state index is 8.94. The second-order valence-corrected chi connectivity index (χ2v) is 13.5. The first-order valence-corrected chi connectivity index (χ1v) is 13.0. The molecular weight excluding hydrogens is 310 g/mol. The Labute approximate surface area is 151 Å². The van der Waals surface area contributed by atoms with Crippen molar-refractivity contribution < 1.29 is 4.43 Å². The molecule has 0 aromatic carbocycles. The minimum absolute atomic E-state index is 0.452. The van der Waals surface area contributed by atoms with Crippen molar-refractivity contribution >= 4 is 8.32 Å². The minimum Gasteiger partial charge on any atom is -0.414 e. The molecule has 1 unspecified atom stereocenters. The van der Waals surface area contributed by atoms with Crippen molar-refractivity contribution in [2.24, 2.45) is 23.2 Å². The zero-order valence-electron chi connectivity index (χ0n) is 16.7. The van der Waals surface area contributed by atoms with Gasteiger partial charge in [0, 0.05) is 12.5 Å². The first kappa shape index (κ1) is 20.0. The Bertz CT molecular complexity index is 433. The molecule has 2 aliphatic rings. The second kappa shape index (κ2) is 8.36. The molecule has 2 rings (SSSR count). The van der Waals surface area contributed by atoms with Crippen LogP contribution in [-0.4, -0.2) is 14.4 Å². The van der Waals surface area contributed by atoms with Gasteiger partial charge in [-0.2, -0.15) is 5.26 Å². The summed E-state index contributed by atoms with van der Waals surface area (Å²) >= 11 is 0. The van der Waals surface area contributed by atoms with E-state index in [0.29, 0.717) is 17.4 Å². The summed E-state index contributed by atoms with van der Waals surface area (Å²) in [5.74, 6) is 2.24. The van der Waals surface area contributed by atoms with Crippen LogP contribution in [0.15, 0.2) is 0 Å². The number of nitriles is 1. The predicted molar refractivity (Wildman–Crippen MR) is 104 cm³/mol. The van der Waals surface area contributed by atoms with Gasteiger partial charge >= 0.3 is 0 Å². The molecule has 0 bridgehead atoms. The number of nitrogens with zero attached hydrogens (tertiary/aromatic N) is 1. The number of hydrogen-bond acceptors (Lipinski definition) is 2. The van der Waals surface area contributed by atoms with Crippen LogP contribution in [0.1, 0.15) is 79.6 Å². The topological polar surface area (TPSA) is 33.0 Å². The van der Waals surface area contributed by atoms with Crippen molar-refractivity contribution in [1.82, 2.24) is 0 Å². The molecule has 0 radical (unpaired) electrons. The van der Waals surface area contributed by atoms with Crippen LogP contribution in [0.25, 0.3) is 0 Å². The Kier molecular flexibility index (Phi) is 6.97. The highest BCUT2D eigenvalue weighted by Gasteiger charge is 2.53. The van der Waals surface area contributed by atoms with E-state index < -0.39 is 8.32 Å². The van der Waals surface area contributed by atoms with Gasteiger partial charge in [-0.25, -0.2) is 0 Å². The highest BCUT2D eigenvalue weighted by Crippen LogP contribution is 2.59. The van der Waals surface area contributed by atoms with Gasteiger partial charge in [-0.05, 0) is 73.4 Å². The number of fused-ring (bicyclic) bond motifs is 1. The van der Waals surface area contributed by atoms with E-state index in [-0.39, 0.29) is 0 Å². The monoisotopic (exact) mass is 349 g/mol. The summed E-state index contributed by atoms with van der Waals surface area (Å²) in [7, 11) is -1.51. The summed E-state index contributed by atoms with van der Waals surface area (Å²) in [6.45, 7) is 12.0. The average molecular weight is 350 g/mol. The van der Waals surface area contributed by atoms with E-state index in [1.54, 1.807) is 0 Å². The van der Waals surface area contributed by atoms with Crippen LogP contribution in [0, 0.1) is 34.5 Å². The van der Waals surface area contributed by atoms with Crippen LogP contribution < -0.4 is 0 Å². The van der Waals surface area contributed by atoms with Gasteiger partial charge in [0.25, 0.3) is 0 Å². The van der Waals surface area contributed by atoms with E-state index in [9.17, 15) is 0 Å². The third kappa shape index (κ3) is 3.75. The molecule has 24 heavy (non-hydrogen) atoms. The van der Waals surface area contributed by atoms with Gasteiger partial charge < -0.3 is 4.43 Å². The normalized spacial score (nSPS) is 34.6. The van der Waals surface area contributed by atoms with E-state index in [1.165, 1.54) is 50.2 Å². The van der Waals surface area contributed by atoms with Gasteiger partial charge in [0.1, 0.15) is 0 Å². The van der Waals surface area contributed by atoms with Gasteiger partial charge in [0.05, 0.1) is 6.07 Å². The maximum Gasteiger partial charge on any atom is 0.192 e. The Morgan fingerprint density at radius 3 is 2.42 bits per heavy atom. The van der Waals surface area contributed by atoms with Crippen LogP contribution in [0.5, 0.6) is 0 Å². The van der Waals surface area contributed by atoms with Gasteiger partial charge in [0.2, 0.25) is 0 Å². The van der Waals surface area contributed by atoms with Crippen LogP contribution >= 0.6 is 0 Å². The molecule has 2 aliphatic carbocycles. The third-order valence-corrected chi connectivity index (χ3v) is 12.5. The molecule has 0 spiro atoms. The van der Waals surface area contributed by atoms with E-state index in [0.717, 1.165) is 24.7 Å². The Hall–Kier alpha value is -0.333.